The van der Waals surface area contributed by atoms with Crippen molar-refractivity contribution < 1.29 is 80.8 Å². The van der Waals surface area contributed by atoms with Gasteiger partial charge in [-0.05, 0) is 31.4 Å². The van der Waals surface area contributed by atoms with Gasteiger partial charge in [0.1, 0.15) is 6.04 Å². The molecule has 1 saturated heterocycles. The third-order valence-corrected chi connectivity index (χ3v) is 9.93. The molecule has 0 radical (unpaired) electrons. The fourth-order valence-corrected chi connectivity index (χ4v) is 6.50. The molecule has 20 nitrogen and oxygen atoms in total. The number of nitrogens with one attached hydrogen (secondary N) is 2. The highest BCUT2D eigenvalue weighted by Gasteiger charge is 2.45. The van der Waals surface area contributed by atoms with Crippen molar-refractivity contribution in [2.24, 2.45) is 0 Å². The summed E-state index contributed by atoms with van der Waals surface area (Å²) >= 11 is 5.66. The predicted molar refractivity (Wildman–Crippen MR) is 241 cm³/mol. The number of carbonyl (C=O) groups is 4. The van der Waals surface area contributed by atoms with Crippen molar-refractivity contribution in [3.8, 4) is 0 Å². The summed E-state index contributed by atoms with van der Waals surface area (Å²) in [6.07, 6.45) is 4.62. The standard InChI is InChI=1S/C45H74ClN3O17/c46-10-3-1-2-4-12-54-14-16-56-18-20-58-22-24-60-26-28-62-30-32-64-34-36-66-37-35-65-33-31-63-29-27-61-25-23-59-21-19-57-17-15-55-13-11-47-39-7-5-6-38-42(39)45(53)49(44(38)52)40-8-9-41(50)48-43(40)51/h5-7,40,47H,1-4,8-37H2,(H,48,50,51). The lowest BCUT2D eigenvalue weighted by Gasteiger charge is -2.27. The van der Waals surface area contributed by atoms with E-state index in [9.17, 15) is 19.2 Å². The molecule has 2 heterocycles. The largest absolute Gasteiger partial charge is 0.382 e. The average molecular weight is 965 g/mol. The van der Waals surface area contributed by atoms with E-state index in [0.29, 0.717) is 177 Å². The maximum absolute atomic E-state index is 13.2. The number of halogens is 1. The van der Waals surface area contributed by atoms with Crippen molar-refractivity contribution in [2.75, 3.05) is 190 Å². The highest BCUT2D eigenvalue weighted by atomic mass is 35.5. The summed E-state index contributed by atoms with van der Waals surface area (Å²) in [6.45, 7) is 13.0. The third-order valence-electron chi connectivity index (χ3n) is 9.67. The third kappa shape index (κ3) is 26.6. The first kappa shape index (κ1) is 57.4. The van der Waals surface area contributed by atoms with Crippen LogP contribution in [0.4, 0.5) is 5.69 Å². The second-order valence-corrected chi connectivity index (χ2v) is 15.0. The normalized spacial score (nSPS) is 15.0. The van der Waals surface area contributed by atoms with Crippen LogP contribution in [0.5, 0.6) is 0 Å². The number of nitrogens with zero attached hydrogens (tertiary/aromatic N) is 1. The Labute approximate surface area is 394 Å². The van der Waals surface area contributed by atoms with Gasteiger partial charge in [-0.3, -0.25) is 29.4 Å². The van der Waals surface area contributed by atoms with Gasteiger partial charge in [0, 0.05) is 31.1 Å². The Morgan fingerprint density at radius 1 is 0.485 bits per heavy atom. The van der Waals surface area contributed by atoms with Crippen LogP contribution in [0, 0.1) is 0 Å². The van der Waals surface area contributed by atoms with Gasteiger partial charge in [-0.1, -0.05) is 18.9 Å². The van der Waals surface area contributed by atoms with E-state index in [1.165, 1.54) is 0 Å². The van der Waals surface area contributed by atoms with E-state index in [-0.39, 0.29) is 24.0 Å². The fraction of sp³-hybridized carbons (Fsp3) is 0.778. The van der Waals surface area contributed by atoms with Crippen molar-refractivity contribution in [1.82, 2.24) is 10.2 Å². The summed E-state index contributed by atoms with van der Waals surface area (Å²) in [5.74, 6) is -1.44. The molecule has 2 aliphatic rings. The molecule has 2 N–H and O–H groups in total. The molecular weight excluding hydrogens is 890 g/mol. The molecule has 1 fully saturated rings. The van der Waals surface area contributed by atoms with Crippen molar-refractivity contribution in [1.29, 1.82) is 0 Å². The second-order valence-electron chi connectivity index (χ2n) is 14.7. The number of hydrogen-bond acceptors (Lipinski definition) is 18. The van der Waals surface area contributed by atoms with Crippen LogP contribution in [0.25, 0.3) is 0 Å². The molecule has 4 amide bonds. The van der Waals surface area contributed by atoms with Crippen LogP contribution in [-0.2, 0) is 71.2 Å². The zero-order chi connectivity index (χ0) is 47.0. The zero-order valence-corrected chi connectivity index (χ0v) is 39.4. The number of unbranched alkanes of at least 4 members (excludes halogenated alkanes) is 3. The van der Waals surface area contributed by atoms with Crippen LogP contribution < -0.4 is 10.6 Å². The molecule has 1 atom stereocenters. The van der Waals surface area contributed by atoms with Crippen LogP contribution in [0.3, 0.4) is 0 Å². The SMILES string of the molecule is O=C1CCC(N2C(=O)c3cccc(NCCOCCOCCOCCOCCOCCOCCOCCOCCOCCOCCOCCOCCOCCCCCCCl)c3C2=O)C(=O)N1. The first-order valence-electron chi connectivity index (χ1n) is 23.2. The Bertz CT molecular complexity index is 1430. The van der Waals surface area contributed by atoms with E-state index in [0.717, 1.165) is 43.1 Å². The Balaban J connectivity index is 0.943. The van der Waals surface area contributed by atoms with E-state index in [2.05, 4.69) is 10.6 Å². The lowest BCUT2D eigenvalue weighted by Crippen LogP contribution is -2.54. The Morgan fingerprint density at radius 2 is 0.864 bits per heavy atom. The Hall–Kier alpha value is -2.93. The van der Waals surface area contributed by atoms with Crippen molar-refractivity contribution >= 4 is 40.9 Å². The molecule has 1 aromatic carbocycles. The quantitative estimate of drug-likeness (QED) is 0.0545. The van der Waals surface area contributed by atoms with Gasteiger partial charge in [0.25, 0.3) is 11.8 Å². The van der Waals surface area contributed by atoms with Gasteiger partial charge in [0.15, 0.2) is 0 Å². The highest BCUT2D eigenvalue weighted by molar-refractivity contribution is 6.25. The van der Waals surface area contributed by atoms with E-state index in [1.54, 1.807) is 18.2 Å². The summed E-state index contributed by atoms with van der Waals surface area (Å²) in [4.78, 5) is 50.9. The van der Waals surface area contributed by atoms with Crippen LogP contribution in [0.1, 0.15) is 59.2 Å². The number of benzene rings is 1. The van der Waals surface area contributed by atoms with Crippen LogP contribution >= 0.6 is 11.6 Å². The Kier molecular flexibility index (Phi) is 34.8. The van der Waals surface area contributed by atoms with Crippen LogP contribution in [-0.4, -0.2) is 219 Å². The van der Waals surface area contributed by atoms with E-state index >= 15 is 0 Å². The molecule has 0 aliphatic carbocycles. The number of anilines is 1. The number of imide groups is 2. The average Bonchev–Trinajstić information content (AvgIpc) is 3.57. The molecule has 1 unspecified atom stereocenters. The maximum Gasteiger partial charge on any atom is 0.264 e. The molecule has 2 aliphatic heterocycles. The topological polar surface area (TPSA) is 216 Å². The lowest BCUT2D eigenvalue weighted by molar-refractivity contribution is -0.136. The van der Waals surface area contributed by atoms with Crippen molar-refractivity contribution in [3.63, 3.8) is 0 Å². The summed E-state index contributed by atoms with van der Waals surface area (Å²) in [5.41, 5.74) is 0.901. The number of piperidine rings is 1. The molecule has 0 aromatic heterocycles. The van der Waals surface area contributed by atoms with Crippen molar-refractivity contribution in [3.05, 3.63) is 29.3 Å². The van der Waals surface area contributed by atoms with Gasteiger partial charge in [-0.25, -0.2) is 0 Å². The number of rotatable bonds is 47. The molecule has 1 aromatic rings. The molecule has 21 heteroatoms. The van der Waals surface area contributed by atoms with Gasteiger partial charge in [0.2, 0.25) is 11.8 Å². The molecule has 0 bridgehead atoms. The first-order valence-corrected chi connectivity index (χ1v) is 23.7. The van der Waals surface area contributed by atoms with Crippen molar-refractivity contribution in [2.45, 2.75) is 44.6 Å². The van der Waals surface area contributed by atoms with Gasteiger partial charge >= 0.3 is 0 Å². The van der Waals surface area contributed by atoms with E-state index in [4.69, 9.17) is 73.2 Å². The summed E-state index contributed by atoms with van der Waals surface area (Å²) < 4.78 is 71.7. The number of carbonyl (C=O) groups excluding carboxylic acids is 4. The summed E-state index contributed by atoms with van der Waals surface area (Å²) in [5, 5.41) is 5.34. The minimum Gasteiger partial charge on any atom is -0.382 e. The zero-order valence-electron chi connectivity index (χ0n) is 38.6. The number of amides is 4. The monoisotopic (exact) mass is 963 g/mol. The Morgan fingerprint density at radius 3 is 1.26 bits per heavy atom. The van der Waals surface area contributed by atoms with Gasteiger partial charge in [0.05, 0.1) is 176 Å². The minimum atomic E-state index is -1.01. The fourth-order valence-electron chi connectivity index (χ4n) is 6.31. The smallest absolute Gasteiger partial charge is 0.264 e. The number of alkyl halides is 1. The van der Waals surface area contributed by atoms with Crippen LogP contribution in [0.15, 0.2) is 18.2 Å². The van der Waals surface area contributed by atoms with E-state index in [1.807, 2.05) is 0 Å². The minimum absolute atomic E-state index is 0.0632. The second kappa shape index (κ2) is 40.0. The van der Waals surface area contributed by atoms with Crippen LogP contribution in [0.2, 0.25) is 0 Å². The molecule has 0 saturated carbocycles. The summed E-state index contributed by atoms with van der Waals surface area (Å²) in [7, 11) is 0. The molecule has 66 heavy (non-hydrogen) atoms. The van der Waals surface area contributed by atoms with Gasteiger partial charge in [-0.15, -0.1) is 11.6 Å². The molecule has 378 valence electrons. The highest BCUT2D eigenvalue weighted by Crippen LogP contribution is 2.32. The summed E-state index contributed by atoms with van der Waals surface area (Å²) in [6, 6.07) is 3.90. The van der Waals surface area contributed by atoms with Gasteiger partial charge < -0.3 is 66.9 Å². The maximum atomic E-state index is 13.2. The number of hydrogen-bond donors (Lipinski definition) is 2. The first-order chi connectivity index (χ1) is 32.5. The predicted octanol–water partition coefficient (Wildman–Crippen LogP) is 2.51. The molecule has 0 spiro atoms. The molecular formula is C45H74ClN3O17. The van der Waals surface area contributed by atoms with E-state index < -0.39 is 29.7 Å². The lowest BCUT2D eigenvalue weighted by atomic mass is 10.0. The van der Waals surface area contributed by atoms with Gasteiger partial charge in [-0.2, -0.15) is 0 Å². The molecule has 3 rings (SSSR count). The number of fused-ring (bicyclic) bond motifs is 1. The number of ether oxygens (including phenoxy) is 13.